The van der Waals surface area contributed by atoms with Crippen LogP contribution in [0.2, 0.25) is 0 Å². The van der Waals surface area contributed by atoms with E-state index in [4.69, 9.17) is 0 Å². The van der Waals surface area contributed by atoms with Crippen LogP contribution in [-0.4, -0.2) is 4.57 Å². The molecule has 2 aliphatic rings. The number of para-hydroxylation sites is 2. The van der Waals surface area contributed by atoms with E-state index < -0.39 is 0 Å². The highest BCUT2D eigenvalue weighted by Crippen LogP contribution is 2.59. The Kier molecular flexibility index (Phi) is 4.42. The summed E-state index contributed by atoms with van der Waals surface area (Å²) in [5.74, 6) is 0. The number of rotatable bonds is 2. The van der Waals surface area contributed by atoms with Crippen LogP contribution in [-0.2, 0) is 5.41 Å². The van der Waals surface area contributed by atoms with Gasteiger partial charge in [-0.15, -0.1) is 0 Å². The third kappa shape index (κ3) is 2.97. The largest absolute Gasteiger partial charge is 0.306 e. The summed E-state index contributed by atoms with van der Waals surface area (Å²) in [4.78, 5) is 2.53. The molecular formula is C39H28N2. The van der Waals surface area contributed by atoms with Crippen LogP contribution < -0.4 is 4.90 Å². The summed E-state index contributed by atoms with van der Waals surface area (Å²) in [7, 11) is 0. The summed E-state index contributed by atoms with van der Waals surface area (Å²) in [5, 5.41) is 2.60. The molecule has 2 heteroatoms. The zero-order chi connectivity index (χ0) is 27.3. The van der Waals surface area contributed by atoms with E-state index in [0.717, 1.165) is 0 Å². The summed E-state index contributed by atoms with van der Waals surface area (Å²) in [6.45, 7) is 4.77. The molecule has 0 amide bonds. The van der Waals surface area contributed by atoms with Crippen molar-refractivity contribution >= 4 is 38.9 Å². The predicted octanol–water partition coefficient (Wildman–Crippen LogP) is 10.5. The summed E-state index contributed by atoms with van der Waals surface area (Å²) in [5.41, 5.74) is 15.1. The second-order valence-electron chi connectivity index (χ2n) is 11.8. The fraction of sp³-hybridized carbons (Fsp3) is 0.0769. The molecule has 2 nitrogen and oxygen atoms in total. The van der Waals surface area contributed by atoms with Crippen molar-refractivity contribution in [1.29, 1.82) is 0 Å². The average Bonchev–Trinajstić information content (AvgIpc) is 3.36. The van der Waals surface area contributed by atoms with E-state index in [0.29, 0.717) is 0 Å². The Hall–Kier alpha value is -5.08. The van der Waals surface area contributed by atoms with Crippen molar-refractivity contribution in [2.75, 3.05) is 4.90 Å². The molecule has 3 heterocycles. The first-order valence-electron chi connectivity index (χ1n) is 14.4. The van der Waals surface area contributed by atoms with Gasteiger partial charge in [-0.25, -0.2) is 0 Å². The summed E-state index contributed by atoms with van der Waals surface area (Å²) in [6, 6.07) is 49.0. The van der Waals surface area contributed by atoms with Crippen molar-refractivity contribution < 1.29 is 0 Å². The second kappa shape index (κ2) is 7.99. The van der Waals surface area contributed by atoms with Crippen LogP contribution in [0.1, 0.15) is 25.0 Å². The zero-order valence-corrected chi connectivity index (χ0v) is 23.1. The van der Waals surface area contributed by atoms with Crippen LogP contribution >= 0.6 is 0 Å². The monoisotopic (exact) mass is 524 g/mol. The molecule has 0 saturated heterocycles. The molecule has 2 aliphatic heterocycles. The molecule has 0 aliphatic carbocycles. The number of nitrogens with zero attached hydrogens (tertiary/aromatic N) is 2. The smallest absolute Gasteiger partial charge is 0.0786 e. The number of hydrogen-bond acceptors (Lipinski definition) is 1. The minimum atomic E-state index is -0.164. The van der Waals surface area contributed by atoms with Gasteiger partial charge in [-0.2, -0.15) is 0 Å². The zero-order valence-electron chi connectivity index (χ0n) is 23.1. The highest BCUT2D eigenvalue weighted by molar-refractivity contribution is 6.18. The number of benzene rings is 6. The fourth-order valence-electron chi connectivity index (χ4n) is 7.28. The first-order chi connectivity index (χ1) is 20.1. The molecule has 0 bridgehead atoms. The van der Waals surface area contributed by atoms with Crippen LogP contribution in [0.3, 0.4) is 0 Å². The molecule has 0 atom stereocenters. The van der Waals surface area contributed by atoms with E-state index in [2.05, 4.69) is 157 Å². The SMILES string of the molecule is CC1(C)c2cc(-c3ccccc3)ccc2N2c3ccccc3-n3c4ccc(-c5ccccc5)cc4c4ccc1c2c43. The lowest BCUT2D eigenvalue weighted by Gasteiger charge is -2.45. The maximum Gasteiger partial charge on any atom is 0.0786 e. The van der Waals surface area contributed by atoms with Gasteiger partial charge in [-0.05, 0) is 69.8 Å². The van der Waals surface area contributed by atoms with E-state index >= 15 is 0 Å². The molecule has 1 aromatic heterocycles. The van der Waals surface area contributed by atoms with Crippen molar-refractivity contribution in [3.05, 3.63) is 145 Å². The van der Waals surface area contributed by atoms with Crippen molar-refractivity contribution in [2.45, 2.75) is 19.3 Å². The number of fused-ring (bicyclic) bond motifs is 8. The van der Waals surface area contributed by atoms with Crippen molar-refractivity contribution in [1.82, 2.24) is 4.57 Å². The second-order valence-corrected chi connectivity index (χ2v) is 11.8. The summed E-state index contributed by atoms with van der Waals surface area (Å²) >= 11 is 0. The number of anilines is 3. The normalized spacial score (nSPS) is 14.2. The number of hydrogen-bond donors (Lipinski definition) is 0. The third-order valence-corrected chi connectivity index (χ3v) is 9.29. The summed E-state index contributed by atoms with van der Waals surface area (Å²) in [6.07, 6.45) is 0. The topological polar surface area (TPSA) is 8.17 Å². The van der Waals surface area contributed by atoms with Crippen LogP contribution in [0, 0.1) is 0 Å². The van der Waals surface area contributed by atoms with Gasteiger partial charge < -0.3 is 9.47 Å². The number of aromatic nitrogens is 1. The maximum atomic E-state index is 2.53. The minimum Gasteiger partial charge on any atom is -0.306 e. The highest BCUT2D eigenvalue weighted by Gasteiger charge is 2.41. The lowest BCUT2D eigenvalue weighted by atomic mass is 9.72. The third-order valence-electron chi connectivity index (χ3n) is 9.29. The van der Waals surface area contributed by atoms with Gasteiger partial charge in [0.1, 0.15) is 0 Å². The molecular weight excluding hydrogens is 496 g/mol. The molecule has 0 N–H and O–H groups in total. The van der Waals surface area contributed by atoms with Crippen LogP contribution in [0.25, 0.3) is 49.7 Å². The quantitative estimate of drug-likeness (QED) is 0.218. The summed E-state index contributed by atoms with van der Waals surface area (Å²) < 4.78 is 2.50. The molecule has 0 spiro atoms. The Labute approximate surface area is 239 Å². The molecule has 0 radical (unpaired) electrons. The van der Waals surface area contributed by atoms with Gasteiger partial charge in [0.2, 0.25) is 0 Å². The first-order valence-corrected chi connectivity index (χ1v) is 14.4. The predicted molar refractivity (Wildman–Crippen MR) is 172 cm³/mol. The molecule has 0 saturated carbocycles. The van der Waals surface area contributed by atoms with Gasteiger partial charge in [0.05, 0.1) is 33.8 Å². The van der Waals surface area contributed by atoms with Crippen molar-refractivity contribution in [3.8, 4) is 27.9 Å². The van der Waals surface area contributed by atoms with Crippen molar-refractivity contribution in [3.63, 3.8) is 0 Å². The van der Waals surface area contributed by atoms with Gasteiger partial charge in [0.25, 0.3) is 0 Å². The molecule has 7 aromatic rings. The molecule has 41 heavy (non-hydrogen) atoms. The Morgan fingerprint density at radius 1 is 0.463 bits per heavy atom. The lowest BCUT2D eigenvalue weighted by molar-refractivity contribution is 0.632. The van der Waals surface area contributed by atoms with E-state index in [9.17, 15) is 0 Å². The van der Waals surface area contributed by atoms with E-state index in [1.54, 1.807) is 0 Å². The maximum absolute atomic E-state index is 2.53. The molecule has 0 unspecified atom stereocenters. The Balaban J connectivity index is 1.38. The van der Waals surface area contributed by atoms with Gasteiger partial charge in [-0.3, -0.25) is 0 Å². The fourth-order valence-corrected chi connectivity index (χ4v) is 7.28. The van der Waals surface area contributed by atoms with Gasteiger partial charge in [0.15, 0.2) is 0 Å². The standard InChI is InChI=1S/C39H28N2/c1-39(2)31-20-19-29-30-23-27(25-11-5-3-6-12-25)17-21-33(30)40-35-15-9-10-16-36(35)41(38(31)37(29)40)34-22-18-28(24-32(34)39)26-13-7-4-8-14-26/h3-24H,1-2H3. The Morgan fingerprint density at radius 3 is 1.83 bits per heavy atom. The molecule has 194 valence electrons. The highest BCUT2D eigenvalue weighted by atomic mass is 15.2. The van der Waals surface area contributed by atoms with Gasteiger partial charge >= 0.3 is 0 Å². The Bertz CT molecular complexity index is 2170. The van der Waals surface area contributed by atoms with E-state index in [1.165, 1.54) is 77.9 Å². The van der Waals surface area contributed by atoms with Crippen LogP contribution in [0.15, 0.2) is 133 Å². The van der Waals surface area contributed by atoms with Crippen LogP contribution in [0.5, 0.6) is 0 Å². The Morgan fingerprint density at radius 2 is 1.10 bits per heavy atom. The van der Waals surface area contributed by atoms with Crippen LogP contribution in [0.4, 0.5) is 17.1 Å². The lowest BCUT2D eigenvalue weighted by Crippen LogP contribution is -2.33. The average molecular weight is 525 g/mol. The molecule has 6 aromatic carbocycles. The molecule has 0 fully saturated rings. The van der Waals surface area contributed by atoms with Gasteiger partial charge in [0, 0.05) is 16.2 Å². The van der Waals surface area contributed by atoms with E-state index in [1.807, 2.05) is 0 Å². The minimum absolute atomic E-state index is 0.164. The first kappa shape index (κ1) is 22.7. The van der Waals surface area contributed by atoms with Crippen molar-refractivity contribution in [2.24, 2.45) is 0 Å². The van der Waals surface area contributed by atoms with E-state index in [-0.39, 0.29) is 5.41 Å². The van der Waals surface area contributed by atoms with Gasteiger partial charge in [-0.1, -0.05) is 111 Å². The molecule has 9 rings (SSSR count).